The van der Waals surface area contributed by atoms with Crippen molar-refractivity contribution in [1.29, 1.82) is 0 Å². The van der Waals surface area contributed by atoms with Gasteiger partial charge in [0.05, 0.1) is 13.2 Å². The second kappa shape index (κ2) is 14.3. The van der Waals surface area contributed by atoms with Crippen molar-refractivity contribution in [3.63, 3.8) is 0 Å². The number of carbonyl (C=O) groups is 4. The number of anilines is 1. The first-order chi connectivity index (χ1) is 19.9. The van der Waals surface area contributed by atoms with E-state index < -0.39 is 17.9 Å². The number of ether oxygens (including phenoxy) is 1. The van der Waals surface area contributed by atoms with Crippen LogP contribution < -0.4 is 10.6 Å². The zero-order chi connectivity index (χ0) is 29.4. The van der Waals surface area contributed by atoms with E-state index in [4.69, 9.17) is 4.74 Å². The minimum absolute atomic E-state index is 0.199. The van der Waals surface area contributed by atoms with Crippen molar-refractivity contribution in [2.24, 2.45) is 0 Å². The number of imide groups is 2. The highest BCUT2D eigenvalue weighted by Gasteiger charge is 2.33. The highest BCUT2D eigenvalue weighted by molar-refractivity contribution is 6.05. The Labute approximate surface area is 239 Å². The normalized spacial score (nSPS) is 16.9. The fraction of sp³-hybridized carbons (Fsp3) is 0.467. The number of nitrogens with zero attached hydrogens (tertiary/aromatic N) is 3. The van der Waals surface area contributed by atoms with Crippen LogP contribution in [0.4, 0.5) is 10.1 Å². The van der Waals surface area contributed by atoms with Crippen molar-refractivity contribution < 1.29 is 28.3 Å². The third kappa shape index (κ3) is 7.35. The number of benzene rings is 2. The van der Waals surface area contributed by atoms with Crippen molar-refractivity contribution >= 4 is 30.3 Å². The van der Waals surface area contributed by atoms with Crippen LogP contribution in [0.5, 0.6) is 0 Å². The van der Waals surface area contributed by atoms with Crippen LogP contribution in [0, 0.1) is 12.7 Å². The summed E-state index contributed by atoms with van der Waals surface area (Å²) in [7, 11) is 0. The van der Waals surface area contributed by atoms with E-state index in [9.17, 15) is 19.2 Å². The number of carbonyl (C=O) groups excluding carboxylic acids is 4. The van der Waals surface area contributed by atoms with Crippen molar-refractivity contribution in [1.82, 2.24) is 20.0 Å². The van der Waals surface area contributed by atoms with E-state index in [1.54, 1.807) is 37.3 Å². The van der Waals surface area contributed by atoms with Gasteiger partial charge >= 0.3 is 0 Å². The number of likely N-dealkylation sites (tertiary alicyclic amines) is 1. The molecule has 1 unspecified atom stereocenters. The summed E-state index contributed by atoms with van der Waals surface area (Å²) in [5.74, 6) is -1.68. The lowest BCUT2D eigenvalue weighted by Gasteiger charge is -2.46. The van der Waals surface area contributed by atoms with Gasteiger partial charge in [0.15, 0.2) is 0 Å². The summed E-state index contributed by atoms with van der Waals surface area (Å²) in [5, 5.41) is 5.22. The third-order valence-electron chi connectivity index (χ3n) is 7.81. The SMILES string of the molecule is CCCC(C(=O)NC=O)N(C=O)C(=O)c1cccc(NCc2ccc(CN3CC(N4CCOCC4)C3)cc2F)c1C. The van der Waals surface area contributed by atoms with Crippen molar-refractivity contribution in [3.8, 4) is 0 Å². The van der Waals surface area contributed by atoms with Gasteiger partial charge in [-0.3, -0.25) is 39.2 Å². The lowest BCUT2D eigenvalue weighted by Crippen LogP contribution is -2.60. The van der Waals surface area contributed by atoms with Gasteiger partial charge in [-0.25, -0.2) is 4.39 Å². The second-order valence-electron chi connectivity index (χ2n) is 10.5. The van der Waals surface area contributed by atoms with E-state index in [1.165, 1.54) is 0 Å². The zero-order valence-electron chi connectivity index (χ0n) is 23.6. The van der Waals surface area contributed by atoms with Crippen molar-refractivity contribution in [2.75, 3.05) is 44.7 Å². The highest BCUT2D eigenvalue weighted by atomic mass is 19.1. The summed E-state index contributed by atoms with van der Waals surface area (Å²) in [6, 6.07) is 9.71. The molecular weight excluding hydrogens is 529 g/mol. The summed E-state index contributed by atoms with van der Waals surface area (Å²) in [6.45, 7) is 9.89. The monoisotopic (exact) mass is 567 g/mol. The standard InChI is InChI=1S/C30H38FN5O5/c1-3-5-28(29(39)33-19-37)36(20-38)30(40)25-6-4-7-27(21(25)2)32-15-23-9-8-22(14-26(23)31)16-34-17-24(18-34)35-10-12-41-13-11-35/h4,6-9,14,19-20,24,28,32H,3,5,10-13,15-18H2,1-2H3,(H,33,37,39). The fourth-order valence-electron chi connectivity index (χ4n) is 5.41. The van der Waals surface area contributed by atoms with Gasteiger partial charge in [-0.15, -0.1) is 0 Å². The van der Waals surface area contributed by atoms with Gasteiger partial charge in [0.1, 0.15) is 11.9 Å². The van der Waals surface area contributed by atoms with Crippen LogP contribution in [0.1, 0.15) is 46.8 Å². The summed E-state index contributed by atoms with van der Waals surface area (Å²) in [6.07, 6.45) is 1.27. The second-order valence-corrected chi connectivity index (χ2v) is 10.5. The molecule has 1 atom stereocenters. The summed E-state index contributed by atoms with van der Waals surface area (Å²) in [4.78, 5) is 53.9. The van der Waals surface area contributed by atoms with E-state index in [-0.39, 0.29) is 30.8 Å². The molecular formula is C30H38FN5O5. The smallest absolute Gasteiger partial charge is 0.261 e. The van der Waals surface area contributed by atoms with Crippen molar-refractivity contribution in [3.05, 3.63) is 64.5 Å². The highest BCUT2D eigenvalue weighted by Crippen LogP contribution is 2.24. The number of halogens is 1. The number of hydrogen-bond acceptors (Lipinski definition) is 8. The Morgan fingerprint density at radius 1 is 1.17 bits per heavy atom. The topological polar surface area (TPSA) is 111 Å². The molecule has 4 rings (SSSR count). The van der Waals surface area contributed by atoms with Crippen LogP contribution in [0.3, 0.4) is 0 Å². The molecule has 2 aliphatic rings. The van der Waals surface area contributed by atoms with E-state index >= 15 is 4.39 Å². The Morgan fingerprint density at radius 3 is 2.59 bits per heavy atom. The van der Waals surface area contributed by atoms with Gasteiger partial charge in [0.25, 0.3) is 5.91 Å². The molecule has 2 saturated heterocycles. The molecule has 2 aliphatic heterocycles. The number of rotatable bonds is 13. The molecule has 11 heteroatoms. The minimum atomic E-state index is -1.11. The van der Waals surface area contributed by atoms with Gasteiger partial charge in [-0.2, -0.15) is 0 Å². The van der Waals surface area contributed by atoms with Crippen molar-refractivity contribution in [2.45, 2.75) is 51.9 Å². The molecule has 2 aromatic rings. The molecule has 0 aliphatic carbocycles. The molecule has 41 heavy (non-hydrogen) atoms. The molecule has 2 fully saturated rings. The van der Waals surface area contributed by atoms with Crippen LogP contribution in [-0.4, -0.2) is 90.8 Å². The average Bonchev–Trinajstić information content (AvgIpc) is 2.95. The van der Waals surface area contributed by atoms with E-state index in [0.717, 1.165) is 49.9 Å². The number of nitrogens with one attached hydrogen (secondary N) is 2. The quantitative estimate of drug-likeness (QED) is 0.355. The molecule has 2 aromatic carbocycles. The molecule has 4 amide bonds. The molecule has 0 aromatic heterocycles. The lowest BCUT2D eigenvalue weighted by molar-refractivity contribution is -0.133. The predicted octanol–water partition coefficient (Wildman–Crippen LogP) is 2.30. The van der Waals surface area contributed by atoms with Gasteiger partial charge in [-0.1, -0.05) is 31.5 Å². The average molecular weight is 568 g/mol. The van der Waals surface area contributed by atoms with Gasteiger partial charge in [0.2, 0.25) is 18.7 Å². The summed E-state index contributed by atoms with van der Waals surface area (Å²) < 4.78 is 20.4. The summed E-state index contributed by atoms with van der Waals surface area (Å²) >= 11 is 0. The van der Waals surface area contributed by atoms with Gasteiger partial charge in [-0.05, 0) is 42.7 Å². The molecule has 220 valence electrons. The lowest BCUT2D eigenvalue weighted by atomic mass is 10.0. The Balaban J connectivity index is 1.37. The predicted molar refractivity (Wildman–Crippen MR) is 151 cm³/mol. The van der Waals surface area contributed by atoms with E-state index in [2.05, 4.69) is 15.1 Å². The number of hydrogen-bond donors (Lipinski definition) is 2. The first kappa shape index (κ1) is 30.3. The molecule has 2 N–H and O–H groups in total. The maximum absolute atomic E-state index is 15.0. The Bertz CT molecular complexity index is 1250. The first-order valence-electron chi connectivity index (χ1n) is 14.0. The van der Waals surface area contributed by atoms with Gasteiger partial charge in [0, 0.05) is 62.1 Å². The van der Waals surface area contributed by atoms with Crippen LogP contribution in [0.2, 0.25) is 0 Å². The summed E-state index contributed by atoms with van der Waals surface area (Å²) in [5.41, 5.74) is 2.79. The number of amides is 4. The Morgan fingerprint density at radius 2 is 1.93 bits per heavy atom. The zero-order valence-corrected chi connectivity index (χ0v) is 23.6. The Hall–Kier alpha value is -3.67. The van der Waals surface area contributed by atoms with Crippen LogP contribution in [-0.2, 0) is 32.2 Å². The molecule has 0 saturated carbocycles. The minimum Gasteiger partial charge on any atom is -0.381 e. The van der Waals surface area contributed by atoms with E-state index in [1.807, 2.05) is 18.3 Å². The molecule has 0 spiro atoms. The largest absolute Gasteiger partial charge is 0.381 e. The van der Waals surface area contributed by atoms with Gasteiger partial charge < -0.3 is 10.1 Å². The first-order valence-corrected chi connectivity index (χ1v) is 14.0. The third-order valence-corrected chi connectivity index (χ3v) is 7.81. The maximum atomic E-state index is 15.0. The van der Waals surface area contributed by atoms with Crippen LogP contribution in [0.25, 0.3) is 0 Å². The molecule has 10 nitrogen and oxygen atoms in total. The molecule has 0 bridgehead atoms. The fourth-order valence-corrected chi connectivity index (χ4v) is 5.41. The molecule has 0 radical (unpaired) electrons. The Kier molecular flexibility index (Phi) is 10.6. The van der Waals surface area contributed by atoms with E-state index in [0.29, 0.717) is 42.2 Å². The molecule has 2 heterocycles. The van der Waals surface area contributed by atoms with Crippen LogP contribution >= 0.6 is 0 Å². The number of morpholine rings is 1. The maximum Gasteiger partial charge on any atom is 0.261 e. The van der Waals surface area contributed by atoms with Crippen LogP contribution in [0.15, 0.2) is 36.4 Å².